The molecule has 3 atom stereocenters. The second kappa shape index (κ2) is 9.84. The number of ether oxygens (including phenoxy) is 3. The van der Waals surface area contributed by atoms with Crippen LogP contribution in [0, 0.1) is 18.3 Å². The minimum absolute atomic E-state index is 0. The predicted octanol–water partition coefficient (Wildman–Crippen LogP) is -1.50. The van der Waals surface area contributed by atoms with Crippen molar-refractivity contribution in [2.45, 2.75) is 56.0 Å². The number of hydrogen-bond acceptors (Lipinski definition) is 7. The first kappa shape index (κ1) is 23.8. The Kier molecular flexibility index (Phi) is 9.02. The van der Waals surface area contributed by atoms with Gasteiger partial charge in [-0.1, -0.05) is 0 Å². The molecule has 26 heavy (non-hydrogen) atoms. The smallest absolute Gasteiger partial charge is 0.469 e. The molecule has 0 aliphatic heterocycles. The fourth-order valence-electron chi connectivity index (χ4n) is 3.78. The van der Waals surface area contributed by atoms with E-state index in [1.54, 1.807) is 0 Å². The van der Waals surface area contributed by atoms with E-state index < -0.39 is 44.9 Å². The van der Waals surface area contributed by atoms with Gasteiger partial charge in [-0.15, -0.1) is 0 Å². The van der Waals surface area contributed by atoms with Gasteiger partial charge in [0.15, 0.2) is 4.93 Å². The molecule has 1 N–H and O–H groups in total. The van der Waals surface area contributed by atoms with Crippen molar-refractivity contribution in [3.63, 3.8) is 0 Å². The van der Waals surface area contributed by atoms with Crippen molar-refractivity contribution in [2.24, 2.45) is 11.8 Å². The zero-order valence-corrected chi connectivity index (χ0v) is 18.3. The quantitative estimate of drug-likeness (QED) is 0.257. The molecule has 2 aliphatic rings. The molecular weight excluding hydrogens is 375 g/mol. The van der Waals surface area contributed by atoms with E-state index in [4.69, 9.17) is 14.2 Å². The molecule has 3 unspecified atom stereocenters. The Hall–Kier alpha value is -0.190. The van der Waals surface area contributed by atoms with E-state index in [1.807, 2.05) is 6.42 Å². The average molecular weight is 400 g/mol. The van der Waals surface area contributed by atoms with Crippen LogP contribution in [0.25, 0.3) is 0 Å². The molecule has 0 aromatic carbocycles. The van der Waals surface area contributed by atoms with Gasteiger partial charge in [0.2, 0.25) is 0 Å². The van der Waals surface area contributed by atoms with Gasteiger partial charge in [0, 0.05) is 0 Å². The van der Waals surface area contributed by atoms with Crippen molar-refractivity contribution in [1.82, 2.24) is 0 Å². The summed E-state index contributed by atoms with van der Waals surface area (Å²) >= 11 is 0. The molecular formula is C16H25NaO8S. The number of hydrogen-bond donors (Lipinski definition) is 1. The minimum atomic E-state index is -4.50. The third-order valence-corrected chi connectivity index (χ3v) is 6.55. The second-order valence-electron chi connectivity index (χ2n) is 6.52. The maximum Gasteiger partial charge on any atom is 1.00 e. The largest absolute Gasteiger partial charge is 1.00 e. The molecule has 0 heterocycles. The van der Waals surface area contributed by atoms with Gasteiger partial charge in [-0.2, -0.15) is 21.3 Å². The second-order valence-corrected chi connectivity index (χ2v) is 8.21. The van der Waals surface area contributed by atoms with E-state index in [1.165, 1.54) is 14.2 Å². The Morgan fingerprint density at radius 1 is 1.08 bits per heavy atom. The molecule has 0 spiro atoms. The van der Waals surface area contributed by atoms with Gasteiger partial charge in [-0.05, 0) is 32.1 Å². The van der Waals surface area contributed by atoms with Gasteiger partial charge in [0.1, 0.15) is 0 Å². The number of carbonyl (C=O) groups excluding carboxylic acids is 2. The fourth-order valence-corrected chi connectivity index (χ4v) is 4.78. The Labute approximate surface area is 176 Å². The van der Waals surface area contributed by atoms with Crippen LogP contribution in [0.4, 0.5) is 0 Å². The summed E-state index contributed by atoms with van der Waals surface area (Å²) in [5, 5.41) is 0. The maximum atomic E-state index is 12.3. The SMILES string of the molecule is COC(=O)C1CCCC(OC2(S(=O)(=O)O)CC[CH-]CC2)C1C(=O)OC.[Na+]. The number of carbonyl (C=O) groups is 2. The average Bonchev–Trinajstić information content (AvgIpc) is 2.60. The molecule has 2 saturated carbocycles. The van der Waals surface area contributed by atoms with Crippen molar-refractivity contribution in [1.29, 1.82) is 0 Å². The van der Waals surface area contributed by atoms with E-state index in [0.29, 0.717) is 32.1 Å². The first-order valence-corrected chi connectivity index (χ1v) is 9.82. The monoisotopic (exact) mass is 400 g/mol. The first-order valence-electron chi connectivity index (χ1n) is 8.38. The van der Waals surface area contributed by atoms with Crippen LogP contribution in [0.5, 0.6) is 0 Å². The van der Waals surface area contributed by atoms with Crippen LogP contribution >= 0.6 is 0 Å². The standard InChI is InChI=1S/C16H25O8S.Na/c1-22-14(17)11-7-6-8-12(13(11)15(18)23-2)24-16(25(19,20)21)9-4-3-5-10-16;/h3,11-13H,4-10H2,1-2H3,(H,19,20,21);/q-1;+1. The minimum Gasteiger partial charge on any atom is -0.469 e. The first-order chi connectivity index (χ1) is 11.8. The van der Waals surface area contributed by atoms with E-state index in [2.05, 4.69) is 0 Å². The molecule has 0 aromatic heterocycles. The third kappa shape index (κ3) is 4.99. The van der Waals surface area contributed by atoms with Crippen molar-refractivity contribution >= 4 is 22.1 Å². The summed E-state index contributed by atoms with van der Waals surface area (Å²) in [5.74, 6) is -2.92. The van der Waals surface area contributed by atoms with Gasteiger partial charge in [0.25, 0.3) is 10.1 Å². The number of rotatable bonds is 5. The van der Waals surface area contributed by atoms with Crippen LogP contribution in [0.2, 0.25) is 0 Å². The third-order valence-electron chi connectivity index (χ3n) is 5.11. The zero-order valence-electron chi connectivity index (χ0n) is 15.5. The van der Waals surface area contributed by atoms with E-state index in [-0.39, 0.29) is 42.4 Å². The number of esters is 2. The van der Waals surface area contributed by atoms with Gasteiger partial charge < -0.3 is 20.6 Å². The van der Waals surface area contributed by atoms with E-state index in [9.17, 15) is 22.6 Å². The molecule has 8 nitrogen and oxygen atoms in total. The van der Waals surface area contributed by atoms with Crippen LogP contribution in [0.1, 0.15) is 44.9 Å². The topological polar surface area (TPSA) is 116 Å². The molecule has 2 aliphatic carbocycles. The Morgan fingerprint density at radius 3 is 2.15 bits per heavy atom. The van der Waals surface area contributed by atoms with Crippen LogP contribution in [0.15, 0.2) is 0 Å². The van der Waals surface area contributed by atoms with Crippen LogP contribution < -0.4 is 29.6 Å². The summed E-state index contributed by atoms with van der Waals surface area (Å²) in [4.78, 5) is 22.6. The summed E-state index contributed by atoms with van der Waals surface area (Å²) in [5.41, 5.74) is 0. The van der Waals surface area contributed by atoms with Crippen molar-refractivity contribution in [2.75, 3.05) is 14.2 Å². The van der Waals surface area contributed by atoms with Gasteiger partial charge in [-0.3, -0.25) is 14.1 Å². The summed E-state index contributed by atoms with van der Waals surface area (Å²) in [6, 6.07) is 0. The molecule has 0 bridgehead atoms. The van der Waals surface area contributed by atoms with Crippen LogP contribution in [-0.2, 0) is 33.9 Å². The van der Waals surface area contributed by atoms with Gasteiger partial charge in [-0.25, -0.2) is 0 Å². The molecule has 2 rings (SSSR count). The van der Waals surface area contributed by atoms with Crippen molar-refractivity contribution in [3.8, 4) is 0 Å². The summed E-state index contributed by atoms with van der Waals surface area (Å²) in [6.45, 7) is 0. The summed E-state index contributed by atoms with van der Waals surface area (Å²) in [6.07, 6.45) is 3.68. The Bertz CT molecular complexity index is 599. The van der Waals surface area contributed by atoms with Crippen LogP contribution in [-0.4, -0.2) is 50.2 Å². The Balaban J connectivity index is 0.00000338. The molecule has 10 heteroatoms. The Morgan fingerprint density at radius 2 is 1.65 bits per heavy atom. The van der Waals surface area contributed by atoms with Gasteiger partial charge >= 0.3 is 41.5 Å². The maximum absolute atomic E-state index is 12.3. The van der Waals surface area contributed by atoms with Crippen molar-refractivity contribution in [3.05, 3.63) is 6.42 Å². The normalized spacial score (nSPS) is 28.5. The van der Waals surface area contributed by atoms with E-state index in [0.717, 1.165) is 0 Å². The molecule has 0 aromatic rings. The molecule has 2 fully saturated rings. The molecule has 0 amide bonds. The molecule has 0 radical (unpaired) electrons. The summed E-state index contributed by atoms with van der Waals surface area (Å²) < 4.78 is 49.2. The number of methoxy groups -OCH3 is 2. The predicted molar refractivity (Wildman–Crippen MR) is 86.8 cm³/mol. The zero-order chi connectivity index (χ0) is 18.7. The molecule has 0 saturated heterocycles. The molecule has 144 valence electrons. The van der Waals surface area contributed by atoms with Gasteiger partial charge in [0.05, 0.1) is 32.2 Å². The van der Waals surface area contributed by atoms with Crippen molar-refractivity contribution < 1.29 is 66.3 Å². The van der Waals surface area contributed by atoms with E-state index >= 15 is 0 Å². The summed E-state index contributed by atoms with van der Waals surface area (Å²) in [7, 11) is -2.06. The van der Waals surface area contributed by atoms with Crippen LogP contribution in [0.3, 0.4) is 0 Å². The fraction of sp³-hybridized carbons (Fsp3) is 0.812.